The minimum Gasteiger partial charge on any atom is -0.508 e. The van der Waals surface area contributed by atoms with Crippen LogP contribution in [-0.4, -0.2) is 62.2 Å². The maximum absolute atomic E-state index is 11.5. The van der Waals surface area contributed by atoms with Crippen molar-refractivity contribution in [1.82, 2.24) is 0 Å². The third-order valence-electron chi connectivity index (χ3n) is 10.6. The fourth-order valence-electron chi connectivity index (χ4n) is 8.35. The molecular weight excluding hydrogens is 732 g/mol. The predicted molar refractivity (Wildman–Crippen MR) is 209 cm³/mol. The molecule has 0 saturated heterocycles. The van der Waals surface area contributed by atoms with Gasteiger partial charge in [-0.1, -0.05) is 18.2 Å². The summed E-state index contributed by atoms with van der Waals surface area (Å²) in [6, 6.07) is 24.6. The number of phenolic OH excluding ortho intramolecular Hbond substituents is 8. The number of fused-ring (bicyclic) bond motifs is 2. The van der Waals surface area contributed by atoms with Crippen molar-refractivity contribution in [1.29, 1.82) is 0 Å². The number of ether oxygens (including phenoxy) is 4. The van der Waals surface area contributed by atoms with Gasteiger partial charge in [0.1, 0.15) is 40.6 Å². The Balaban J connectivity index is 1.38. The average Bonchev–Trinajstić information content (AvgIpc) is 3.70. The zero-order chi connectivity index (χ0) is 40.3. The smallest absolute Gasteiger partial charge is 0.166 e. The summed E-state index contributed by atoms with van der Waals surface area (Å²) in [6.45, 7) is 0. The van der Waals surface area contributed by atoms with Crippen LogP contribution in [0.4, 0.5) is 0 Å². The fourth-order valence-corrected chi connectivity index (χ4v) is 8.35. The molecule has 6 aromatic rings. The fraction of sp³-hybridized carbons (Fsp3) is 0.156. The van der Waals surface area contributed by atoms with Crippen molar-refractivity contribution in [2.75, 3.05) is 21.3 Å². The summed E-state index contributed by atoms with van der Waals surface area (Å²) in [6.07, 6.45) is 1.11. The van der Waals surface area contributed by atoms with E-state index < -0.39 is 23.9 Å². The van der Waals surface area contributed by atoms with E-state index in [1.165, 1.54) is 82.0 Å². The van der Waals surface area contributed by atoms with Crippen LogP contribution >= 0.6 is 0 Å². The number of phenols is 8. The van der Waals surface area contributed by atoms with Gasteiger partial charge in [0.15, 0.2) is 34.5 Å². The van der Waals surface area contributed by atoms with E-state index in [0.29, 0.717) is 61.6 Å². The highest BCUT2D eigenvalue weighted by atomic mass is 16.5. The van der Waals surface area contributed by atoms with E-state index in [1.54, 1.807) is 30.3 Å². The molecule has 8 rings (SSSR count). The summed E-state index contributed by atoms with van der Waals surface area (Å²) in [5, 5.41) is 86.0. The third kappa shape index (κ3) is 6.40. The number of hydrogen-bond acceptors (Lipinski definition) is 12. The van der Waals surface area contributed by atoms with Crippen molar-refractivity contribution in [3.05, 3.63) is 142 Å². The Morgan fingerprint density at radius 3 is 1.58 bits per heavy atom. The average molecular weight is 771 g/mol. The molecule has 1 aliphatic carbocycles. The molecule has 0 bridgehead atoms. The Kier molecular flexibility index (Phi) is 9.04. The zero-order valence-electron chi connectivity index (χ0n) is 30.8. The second kappa shape index (κ2) is 14.1. The Morgan fingerprint density at radius 2 is 1.00 bits per heavy atom. The molecule has 6 aromatic carbocycles. The lowest BCUT2D eigenvalue weighted by molar-refractivity contribution is 0.213. The molecule has 1 heterocycles. The van der Waals surface area contributed by atoms with E-state index in [4.69, 9.17) is 18.9 Å². The van der Waals surface area contributed by atoms with Crippen molar-refractivity contribution in [2.45, 2.75) is 23.9 Å². The number of allylic oxidation sites excluding steroid dienone is 1. The van der Waals surface area contributed by atoms with Gasteiger partial charge in [0.05, 0.1) is 27.2 Å². The maximum atomic E-state index is 11.5. The highest BCUT2D eigenvalue weighted by molar-refractivity contribution is 5.93. The molecule has 0 unspecified atom stereocenters. The minimum absolute atomic E-state index is 0.0672. The summed E-state index contributed by atoms with van der Waals surface area (Å²) in [7, 11) is 4.35. The molecule has 12 nitrogen and oxygen atoms in total. The summed E-state index contributed by atoms with van der Waals surface area (Å²) < 4.78 is 23.4. The molecular formula is C45H38O12. The van der Waals surface area contributed by atoms with Crippen LogP contribution in [0.25, 0.3) is 11.6 Å². The molecule has 1 aliphatic heterocycles. The molecule has 0 radical (unpaired) electrons. The number of methoxy groups -OCH3 is 3. The van der Waals surface area contributed by atoms with Crippen molar-refractivity contribution < 1.29 is 59.8 Å². The van der Waals surface area contributed by atoms with Crippen LogP contribution in [0.15, 0.2) is 97.1 Å². The van der Waals surface area contributed by atoms with Crippen LogP contribution in [0.2, 0.25) is 0 Å². The first kappa shape index (κ1) is 36.6. The van der Waals surface area contributed by atoms with Gasteiger partial charge >= 0.3 is 0 Å². The van der Waals surface area contributed by atoms with Crippen molar-refractivity contribution in [2.24, 2.45) is 0 Å². The first-order valence-corrected chi connectivity index (χ1v) is 17.8. The summed E-state index contributed by atoms with van der Waals surface area (Å²) in [4.78, 5) is 0. The lowest BCUT2D eigenvalue weighted by Crippen LogP contribution is -2.11. The summed E-state index contributed by atoms with van der Waals surface area (Å²) >= 11 is 0. The standard InChI is InChI=1S/C45H38O12/c1-54-37-15-22(4-6-34(37)51)42-40(24-11-26(46)17-27(47)12-24)31(32-19-30(50)20-36(53)43(32)42)8-21-9-33-41(25-13-28(48)18-29(49)14-25)44(57-45(33)39(10-21)56-3)23-5-7-35(52)38(16-23)55-2/h4-20,40-42,44,46-53H,1-3H3/b31-8+/t40-,41+,42+,44-/m0/s1. The van der Waals surface area contributed by atoms with Gasteiger partial charge in [-0.3, -0.25) is 0 Å². The number of rotatable bonds is 8. The summed E-state index contributed by atoms with van der Waals surface area (Å²) in [5.41, 5.74) is 5.00. The van der Waals surface area contributed by atoms with Gasteiger partial charge in [-0.2, -0.15) is 0 Å². The molecule has 0 saturated carbocycles. The molecule has 2 aliphatic rings. The highest BCUT2D eigenvalue weighted by Crippen LogP contribution is 2.60. The predicted octanol–water partition coefficient (Wildman–Crippen LogP) is 8.09. The maximum Gasteiger partial charge on any atom is 0.166 e. The summed E-state index contributed by atoms with van der Waals surface area (Å²) in [5.74, 6) is -2.14. The molecule has 0 fully saturated rings. The molecule has 4 atom stereocenters. The van der Waals surface area contributed by atoms with Crippen molar-refractivity contribution >= 4 is 11.6 Å². The molecule has 0 aromatic heterocycles. The van der Waals surface area contributed by atoms with Crippen molar-refractivity contribution in [3.8, 4) is 69.0 Å². The molecule has 57 heavy (non-hydrogen) atoms. The van der Waals surface area contributed by atoms with Crippen LogP contribution in [0.3, 0.4) is 0 Å². The monoisotopic (exact) mass is 770 g/mol. The number of benzene rings is 6. The highest BCUT2D eigenvalue weighted by Gasteiger charge is 2.43. The molecule has 290 valence electrons. The van der Waals surface area contributed by atoms with E-state index in [-0.39, 0.29) is 57.5 Å². The third-order valence-corrected chi connectivity index (χ3v) is 10.6. The Morgan fingerprint density at radius 1 is 0.474 bits per heavy atom. The van der Waals surface area contributed by atoms with Gasteiger partial charge in [-0.15, -0.1) is 0 Å². The first-order chi connectivity index (χ1) is 27.4. The van der Waals surface area contributed by atoms with Crippen LogP contribution < -0.4 is 18.9 Å². The normalized spacial score (nSPS) is 18.8. The quantitative estimate of drug-likeness (QED) is 0.0741. The minimum atomic E-state index is -0.745. The number of aromatic hydroxyl groups is 8. The Hall–Kier alpha value is -7.34. The van der Waals surface area contributed by atoms with E-state index in [0.717, 1.165) is 0 Å². The van der Waals surface area contributed by atoms with Gasteiger partial charge in [-0.25, -0.2) is 0 Å². The molecule has 12 heteroatoms. The van der Waals surface area contributed by atoms with Crippen molar-refractivity contribution in [3.63, 3.8) is 0 Å². The second-order valence-electron chi connectivity index (χ2n) is 14.1. The van der Waals surface area contributed by atoms with Crippen LogP contribution in [-0.2, 0) is 0 Å². The first-order valence-electron chi connectivity index (χ1n) is 17.8. The lowest BCUT2D eigenvalue weighted by atomic mass is 9.79. The van der Waals surface area contributed by atoms with E-state index in [9.17, 15) is 40.9 Å². The van der Waals surface area contributed by atoms with Gasteiger partial charge < -0.3 is 59.8 Å². The SMILES string of the molecule is COc1cc([C@H]2c3c(O)cc(O)cc3/C(=C\c3cc(OC)c4c(c3)[C@@H](c3cc(O)cc(O)c3)[C@H](c3ccc(O)c(OC)c3)O4)[C@@H]2c2cc(O)cc(O)c2)ccc1O. The Bertz CT molecular complexity index is 2560. The zero-order valence-corrected chi connectivity index (χ0v) is 30.8. The lowest BCUT2D eigenvalue weighted by Gasteiger charge is -2.24. The molecule has 0 amide bonds. The van der Waals surface area contributed by atoms with Gasteiger partial charge in [0, 0.05) is 41.2 Å². The van der Waals surface area contributed by atoms with E-state index >= 15 is 0 Å². The Labute approximate surface area is 326 Å². The van der Waals surface area contributed by atoms with Gasteiger partial charge in [0.2, 0.25) is 0 Å². The van der Waals surface area contributed by atoms with Gasteiger partial charge in [-0.05, 0) is 106 Å². The van der Waals surface area contributed by atoms with E-state index in [1.807, 2.05) is 12.1 Å². The largest absolute Gasteiger partial charge is 0.508 e. The van der Waals surface area contributed by atoms with Gasteiger partial charge in [0.25, 0.3) is 0 Å². The molecule has 8 N–H and O–H groups in total. The molecule has 0 spiro atoms. The topological polar surface area (TPSA) is 199 Å². The van der Waals surface area contributed by atoms with Crippen LogP contribution in [0.1, 0.15) is 68.4 Å². The van der Waals surface area contributed by atoms with E-state index in [2.05, 4.69) is 0 Å². The van der Waals surface area contributed by atoms with Crippen LogP contribution in [0, 0.1) is 0 Å². The number of hydrogen-bond donors (Lipinski definition) is 8. The van der Waals surface area contributed by atoms with Crippen LogP contribution in [0.5, 0.6) is 69.0 Å². The second-order valence-corrected chi connectivity index (χ2v) is 14.1.